The van der Waals surface area contributed by atoms with Gasteiger partial charge in [0.05, 0.1) is 0 Å². The van der Waals surface area contributed by atoms with Crippen molar-refractivity contribution < 1.29 is 0 Å². The van der Waals surface area contributed by atoms with Gasteiger partial charge >= 0.3 is 0 Å². The van der Waals surface area contributed by atoms with Crippen LogP contribution in [0.25, 0.3) is 0 Å². The lowest BCUT2D eigenvalue weighted by molar-refractivity contribution is 0.442. The molecule has 0 bridgehead atoms. The summed E-state index contributed by atoms with van der Waals surface area (Å²) in [5.74, 6) is 1.36. The van der Waals surface area contributed by atoms with Gasteiger partial charge in [0.1, 0.15) is 0 Å². The van der Waals surface area contributed by atoms with Crippen molar-refractivity contribution in [2.24, 2.45) is 0 Å². The first-order valence-corrected chi connectivity index (χ1v) is 7.39. The van der Waals surface area contributed by atoms with Gasteiger partial charge in [-0.25, -0.2) is 0 Å². The van der Waals surface area contributed by atoms with Crippen LogP contribution in [0.15, 0.2) is 12.7 Å². The average Bonchev–Trinajstić information content (AvgIpc) is 2.30. The van der Waals surface area contributed by atoms with E-state index in [1.54, 1.807) is 0 Å². The first-order chi connectivity index (χ1) is 7.38. The highest BCUT2D eigenvalue weighted by atomic mass is 32.2. The summed E-state index contributed by atoms with van der Waals surface area (Å²) in [6, 6.07) is 0.716. The topological polar surface area (TPSA) is 12.0 Å². The Morgan fingerprint density at radius 2 is 2.40 bits per heavy atom. The normalized spacial score (nSPS) is 23.7. The molecular formula is C13H25NS. The largest absolute Gasteiger partial charge is 0.313 e. The summed E-state index contributed by atoms with van der Waals surface area (Å²) in [5, 5.41) is 4.56. The average molecular weight is 227 g/mol. The first-order valence-electron chi connectivity index (χ1n) is 6.34. The van der Waals surface area contributed by atoms with E-state index in [0.29, 0.717) is 6.04 Å². The van der Waals surface area contributed by atoms with Gasteiger partial charge in [-0.05, 0) is 44.4 Å². The van der Waals surface area contributed by atoms with Gasteiger partial charge in [-0.1, -0.05) is 19.4 Å². The van der Waals surface area contributed by atoms with Gasteiger partial charge in [-0.2, -0.15) is 11.8 Å². The zero-order valence-electron chi connectivity index (χ0n) is 10.0. The lowest BCUT2D eigenvalue weighted by Gasteiger charge is -2.30. The second kappa shape index (κ2) is 8.23. The van der Waals surface area contributed by atoms with Crippen molar-refractivity contribution in [1.29, 1.82) is 0 Å². The number of hydrogen-bond acceptors (Lipinski definition) is 2. The van der Waals surface area contributed by atoms with Crippen LogP contribution in [0.4, 0.5) is 0 Å². The molecular weight excluding hydrogens is 202 g/mol. The molecule has 0 spiro atoms. The number of rotatable bonds is 7. The van der Waals surface area contributed by atoms with Crippen molar-refractivity contribution in [2.75, 3.05) is 12.3 Å². The molecule has 1 nitrogen and oxygen atoms in total. The molecule has 0 aromatic carbocycles. The molecule has 1 N–H and O–H groups in total. The van der Waals surface area contributed by atoms with Gasteiger partial charge in [0, 0.05) is 11.3 Å². The standard InChI is InChI=1S/C13H25NS/c1-3-5-8-12(14-10-4-2)13-9-6-7-11-15-13/h3,12-14H,1,4-11H2,2H3. The predicted molar refractivity (Wildman–Crippen MR) is 71.6 cm³/mol. The van der Waals surface area contributed by atoms with Crippen molar-refractivity contribution in [3.63, 3.8) is 0 Å². The van der Waals surface area contributed by atoms with Gasteiger partial charge in [0.15, 0.2) is 0 Å². The SMILES string of the molecule is C=CCCC(NCCC)C1CCCCS1. The van der Waals surface area contributed by atoms with Crippen molar-refractivity contribution in [3.05, 3.63) is 12.7 Å². The van der Waals surface area contributed by atoms with Crippen LogP contribution in [0.5, 0.6) is 0 Å². The summed E-state index contributed by atoms with van der Waals surface area (Å²) in [6.07, 6.45) is 9.96. The monoisotopic (exact) mass is 227 g/mol. The lowest BCUT2D eigenvalue weighted by Crippen LogP contribution is -2.39. The highest BCUT2D eigenvalue weighted by Crippen LogP contribution is 2.29. The Bertz CT molecular complexity index is 164. The van der Waals surface area contributed by atoms with Crippen LogP contribution in [-0.4, -0.2) is 23.6 Å². The molecule has 1 saturated heterocycles. The van der Waals surface area contributed by atoms with E-state index in [1.807, 2.05) is 6.08 Å². The van der Waals surface area contributed by atoms with Gasteiger partial charge < -0.3 is 5.32 Å². The summed E-state index contributed by atoms with van der Waals surface area (Å²) >= 11 is 2.18. The third kappa shape index (κ3) is 5.07. The smallest absolute Gasteiger partial charge is 0.0201 e. The number of nitrogens with one attached hydrogen (secondary N) is 1. The van der Waals surface area contributed by atoms with Gasteiger partial charge in [-0.15, -0.1) is 6.58 Å². The van der Waals surface area contributed by atoms with E-state index in [2.05, 4.69) is 30.6 Å². The number of thioether (sulfide) groups is 1. The molecule has 0 aromatic heterocycles. The van der Waals surface area contributed by atoms with E-state index in [9.17, 15) is 0 Å². The van der Waals surface area contributed by atoms with E-state index in [1.165, 1.54) is 44.4 Å². The van der Waals surface area contributed by atoms with E-state index in [4.69, 9.17) is 0 Å². The maximum Gasteiger partial charge on any atom is 0.0201 e. The quantitative estimate of drug-likeness (QED) is 0.667. The fraction of sp³-hybridized carbons (Fsp3) is 0.846. The van der Waals surface area contributed by atoms with Crippen molar-refractivity contribution in [3.8, 4) is 0 Å². The molecule has 88 valence electrons. The fourth-order valence-electron chi connectivity index (χ4n) is 2.13. The Kier molecular flexibility index (Phi) is 7.20. The molecule has 1 aliphatic heterocycles. The number of hydrogen-bond donors (Lipinski definition) is 1. The molecule has 0 aliphatic carbocycles. The summed E-state index contributed by atoms with van der Waals surface area (Å²) in [5.41, 5.74) is 0. The molecule has 0 radical (unpaired) electrons. The Morgan fingerprint density at radius 1 is 1.53 bits per heavy atom. The third-order valence-corrected chi connectivity index (χ3v) is 4.52. The minimum Gasteiger partial charge on any atom is -0.313 e. The van der Waals surface area contributed by atoms with Crippen LogP contribution >= 0.6 is 11.8 Å². The molecule has 2 heteroatoms. The first kappa shape index (κ1) is 13.1. The maximum atomic E-state index is 3.82. The number of allylic oxidation sites excluding steroid dienone is 1. The zero-order chi connectivity index (χ0) is 10.9. The van der Waals surface area contributed by atoms with Crippen molar-refractivity contribution in [2.45, 2.75) is 56.7 Å². The Labute approximate surface area is 99.1 Å². The minimum atomic E-state index is 0.716. The molecule has 1 aliphatic rings. The van der Waals surface area contributed by atoms with Crippen molar-refractivity contribution in [1.82, 2.24) is 5.32 Å². The minimum absolute atomic E-state index is 0.716. The van der Waals surface area contributed by atoms with E-state index in [0.717, 1.165) is 11.7 Å². The van der Waals surface area contributed by atoms with E-state index >= 15 is 0 Å². The molecule has 2 atom stereocenters. The van der Waals surface area contributed by atoms with Crippen LogP contribution in [0.2, 0.25) is 0 Å². The summed E-state index contributed by atoms with van der Waals surface area (Å²) in [6.45, 7) is 7.23. The van der Waals surface area contributed by atoms with Crippen LogP contribution < -0.4 is 5.32 Å². The Balaban J connectivity index is 2.33. The molecule has 1 heterocycles. The van der Waals surface area contributed by atoms with E-state index in [-0.39, 0.29) is 0 Å². The molecule has 1 rings (SSSR count). The zero-order valence-corrected chi connectivity index (χ0v) is 10.8. The third-order valence-electron chi connectivity index (χ3n) is 3.00. The van der Waals surface area contributed by atoms with E-state index < -0.39 is 0 Å². The van der Waals surface area contributed by atoms with Crippen LogP contribution in [0.3, 0.4) is 0 Å². The molecule has 2 unspecified atom stereocenters. The molecule has 0 aromatic rings. The predicted octanol–water partition coefficient (Wildman–Crippen LogP) is 3.61. The molecule has 0 amide bonds. The Morgan fingerprint density at radius 3 is 3.00 bits per heavy atom. The molecule has 1 fully saturated rings. The summed E-state index contributed by atoms with van der Waals surface area (Å²) < 4.78 is 0. The van der Waals surface area contributed by atoms with Crippen LogP contribution in [0.1, 0.15) is 45.4 Å². The van der Waals surface area contributed by atoms with Crippen LogP contribution in [0, 0.1) is 0 Å². The maximum absolute atomic E-state index is 3.82. The summed E-state index contributed by atoms with van der Waals surface area (Å²) in [7, 11) is 0. The second-order valence-corrected chi connectivity index (χ2v) is 5.68. The molecule has 0 saturated carbocycles. The highest BCUT2D eigenvalue weighted by Gasteiger charge is 2.22. The Hall–Kier alpha value is 0.0500. The molecule has 15 heavy (non-hydrogen) atoms. The fourth-order valence-corrected chi connectivity index (χ4v) is 3.60. The lowest BCUT2D eigenvalue weighted by atomic mass is 10.0. The summed E-state index contributed by atoms with van der Waals surface area (Å²) in [4.78, 5) is 0. The highest BCUT2D eigenvalue weighted by molar-refractivity contribution is 8.00. The van der Waals surface area contributed by atoms with Gasteiger partial charge in [0.25, 0.3) is 0 Å². The van der Waals surface area contributed by atoms with Crippen molar-refractivity contribution >= 4 is 11.8 Å². The van der Waals surface area contributed by atoms with Crippen LogP contribution in [-0.2, 0) is 0 Å². The second-order valence-electron chi connectivity index (χ2n) is 4.33. The van der Waals surface area contributed by atoms with Gasteiger partial charge in [0.2, 0.25) is 0 Å². The van der Waals surface area contributed by atoms with Gasteiger partial charge in [-0.3, -0.25) is 0 Å².